The summed E-state index contributed by atoms with van der Waals surface area (Å²) in [6.07, 6.45) is -2.52. The molecule has 0 atom stereocenters. The van der Waals surface area contributed by atoms with Crippen molar-refractivity contribution in [2.45, 2.75) is 11.2 Å². The van der Waals surface area contributed by atoms with Crippen molar-refractivity contribution in [1.29, 1.82) is 0 Å². The third kappa shape index (κ3) is 2.84. The molecule has 0 unspecified atom stereocenters. The van der Waals surface area contributed by atoms with Crippen LogP contribution in [0.25, 0.3) is 5.65 Å². The summed E-state index contributed by atoms with van der Waals surface area (Å²) >= 11 is 1.44. The Morgan fingerprint density at radius 3 is 2.68 bits per heavy atom. The Hall–Kier alpha value is -2.29. The summed E-state index contributed by atoms with van der Waals surface area (Å²) in [6.45, 7) is 0. The van der Waals surface area contributed by atoms with E-state index in [1.807, 2.05) is 6.26 Å². The van der Waals surface area contributed by atoms with E-state index in [2.05, 4.69) is 20.6 Å². The fraction of sp³-hybridized carbons (Fsp3) is 0.154. The third-order valence-corrected chi connectivity index (χ3v) is 3.53. The molecule has 0 saturated heterocycles. The molecule has 0 aliphatic rings. The monoisotopic (exact) mass is 325 g/mol. The number of anilines is 2. The van der Waals surface area contributed by atoms with Gasteiger partial charge in [-0.1, -0.05) is 6.07 Å². The lowest BCUT2D eigenvalue weighted by Crippen LogP contribution is -2.06. The number of rotatable bonds is 3. The lowest BCUT2D eigenvalue weighted by atomic mass is 10.2. The number of aromatic nitrogens is 4. The van der Waals surface area contributed by atoms with Gasteiger partial charge in [0.1, 0.15) is 5.03 Å². The molecule has 0 fully saturated rings. The van der Waals surface area contributed by atoms with Crippen LogP contribution in [0.15, 0.2) is 41.4 Å². The standard InChI is InChI=1S/C13H10F3N5S/c1-22-11-6-5-10-18-19-12(21(10)20-11)17-9-4-2-3-8(7-9)13(14,15)16/h2-7H,1H3,(H,17,19). The maximum absolute atomic E-state index is 12.7. The minimum absolute atomic E-state index is 0.255. The molecule has 5 nitrogen and oxygen atoms in total. The summed E-state index contributed by atoms with van der Waals surface area (Å²) < 4.78 is 39.6. The Balaban J connectivity index is 1.96. The Morgan fingerprint density at radius 2 is 1.95 bits per heavy atom. The van der Waals surface area contributed by atoms with E-state index < -0.39 is 11.7 Å². The molecule has 3 aromatic rings. The van der Waals surface area contributed by atoms with Crippen LogP contribution < -0.4 is 5.32 Å². The highest BCUT2D eigenvalue weighted by atomic mass is 32.2. The molecular formula is C13H10F3N5S. The first kappa shape index (κ1) is 14.6. The van der Waals surface area contributed by atoms with E-state index in [1.54, 1.807) is 12.1 Å². The third-order valence-electron chi connectivity index (χ3n) is 2.89. The smallest absolute Gasteiger partial charge is 0.323 e. The minimum atomic E-state index is -4.39. The molecule has 0 spiro atoms. The second kappa shape index (κ2) is 5.48. The number of halogens is 3. The molecule has 1 N–H and O–H groups in total. The van der Waals surface area contributed by atoms with Gasteiger partial charge in [0.15, 0.2) is 5.65 Å². The van der Waals surface area contributed by atoms with E-state index in [0.717, 1.165) is 17.2 Å². The zero-order valence-corrected chi connectivity index (χ0v) is 12.1. The van der Waals surface area contributed by atoms with Crippen LogP contribution in [0.4, 0.5) is 24.8 Å². The molecule has 0 saturated carbocycles. The predicted octanol–water partition coefficient (Wildman–Crippen LogP) is 3.61. The second-order valence-electron chi connectivity index (χ2n) is 4.37. The number of fused-ring (bicyclic) bond motifs is 1. The van der Waals surface area contributed by atoms with Gasteiger partial charge in [0.2, 0.25) is 5.95 Å². The van der Waals surface area contributed by atoms with E-state index >= 15 is 0 Å². The Labute approximate surface area is 127 Å². The number of alkyl halides is 3. The van der Waals surface area contributed by atoms with Crippen molar-refractivity contribution < 1.29 is 13.2 Å². The lowest BCUT2D eigenvalue weighted by molar-refractivity contribution is -0.137. The van der Waals surface area contributed by atoms with Gasteiger partial charge in [0.25, 0.3) is 0 Å². The van der Waals surface area contributed by atoms with E-state index in [4.69, 9.17) is 0 Å². The van der Waals surface area contributed by atoms with Gasteiger partial charge in [-0.15, -0.1) is 22.0 Å². The average Bonchev–Trinajstić information content (AvgIpc) is 2.89. The van der Waals surface area contributed by atoms with Gasteiger partial charge in [0.05, 0.1) is 5.56 Å². The van der Waals surface area contributed by atoms with Gasteiger partial charge < -0.3 is 5.32 Å². The summed E-state index contributed by atoms with van der Waals surface area (Å²) in [5.74, 6) is 0.255. The van der Waals surface area contributed by atoms with E-state index in [-0.39, 0.29) is 11.6 Å². The van der Waals surface area contributed by atoms with Crippen LogP contribution in [0.3, 0.4) is 0 Å². The summed E-state index contributed by atoms with van der Waals surface area (Å²) in [5.41, 5.74) is 0.0387. The highest BCUT2D eigenvalue weighted by Gasteiger charge is 2.30. The molecule has 2 heterocycles. The molecule has 22 heavy (non-hydrogen) atoms. The predicted molar refractivity (Wildman–Crippen MR) is 77.3 cm³/mol. The van der Waals surface area contributed by atoms with Crippen LogP contribution in [0.5, 0.6) is 0 Å². The molecule has 9 heteroatoms. The largest absolute Gasteiger partial charge is 0.416 e. The fourth-order valence-corrected chi connectivity index (χ4v) is 2.23. The molecule has 0 aliphatic heterocycles. The molecule has 0 amide bonds. The molecule has 0 aliphatic carbocycles. The van der Waals surface area contributed by atoms with Crippen LogP contribution in [0, 0.1) is 0 Å². The van der Waals surface area contributed by atoms with Crippen LogP contribution in [0.1, 0.15) is 5.56 Å². The summed E-state index contributed by atoms with van der Waals surface area (Å²) in [4.78, 5) is 0. The van der Waals surface area contributed by atoms with Crippen molar-refractivity contribution in [1.82, 2.24) is 19.8 Å². The van der Waals surface area contributed by atoms with Gasteiger partial charge in [-0.2, -0.15) is 22.8 Å². The first-order chi connectivity index (χ1) is 10.5. The number of hydrogen-bond donors (Lipinski definition) is 1. The van der Waals surface area contributed by atoms with E-state index in [0.29, 0.717) is 5.65 Å². The van der Waals surface area contributed by atoms with Gasteiger partial charge in [-0.05, 0) is 36.6 Å². The van der Waals surface area contributed by atoms with Crippen molar-refractivity contribution in [2.75, 3.05) is 11.6 Å². The van der Waals surface area contributed by atoms with Gasteiger partial charge in [0, 0.05) is 5.69 Å². The Bertz CT molecular complexity index is 815. The number of nitrogens with zero attached hydrogens (tertiary/aromatic N) is 4. The van der Waals surface area contributed by atoms with Crippen molar-refractivity contribution in [3.8, 4) is 0 Å². The van der Waals surface area contributed by atoms with Crippen molar-refractivity contribution in [3.05, 3.63) is 42.0 Å². The number of benzene rings is 1. The van der Waals surface area contributed by atoms with Crippen LogP contribution in [0.2, 0.25) is 0 Å². The number of hydrogen-bond acceptors (Lipinski definition) is 5. The first-order valence-corrected chi connectivity index (χ1v) is 7.40. The minimum Gasteiger partial charge on any atom is -0.323 e. The van der Waals surface area contributed by atoms with E-state index in [1.165, 1.54) is 28.4 Å². The van der Waals surface area contributed by atoms with Crippen LogP contribution in [-0.2, 0) is 6.18 Å². The van der Waals surface area contributed by atoms with Gasteiger partial charge >= 0.3 is 6.18 Å². The van der Waals surface area contributed by atoms with Gasteiger partial charge in [-0.3, -0.25) is 0 Å². The Kier molecular flexibility index (Phi) is 3.65. The zero-order chi connectivity index (χ0) is 15.7. The molecule has 114 valence electrons. The zero-order valence-electron chi connectivity index (χ0n) is 11.3. The molecule has 0 radical (unpaired) electrons. The van der Waals surface area contributed by atoms with Crippen molar-refractivity contribution >= 4 is 29.0 Å². The molecule has 1 aromatic carbocycles. The normalized spacial score (nSPS) is 11.8. The number of thioether (sulfide) groups is 1. The maximum Gasteiger partial charge on any atom is 0.416 e. The average molecular weight is 325 g/mol. The van der Waals surface area contributed by atoms with Crippen molar-refractivity contribution in [3.63, 3.8) is 0 Å². The fourth-order valence-electron chi connectivity index (χ4n) is 1.86. The lowest BCUT2D eigenvalue weighted by Gasteiger charge is -2.09. The van der Waals surface area contributed by atoms with E-state index in [9.17, 15) is 13.2 Å². The molecule has 2 aromatic heterocycles. The van der Waals surface area contributed by atoms with Gasteiger partial charge in [-0.25, -0.2) is 0 Å². The molecular weight excluding hydrogens is 315 g/mol. The second-order valence-corrected chi connectivity index (χ2v) is 5.20. The van der Waals surface area contributed by atoms with Crippen LogP contribution in [-0.4, -0.2) is 26.1 Å². The number of nitrogens with one attached hydrogen (secondary N) is 1. The molecule has 0 bridgehead atoms. The maximum atomic E-state index is 12.7. The van der Waals surface area contributed by atoms with Crippen LogP contribution >= 0.6 is 11.8 Å². The topological polar surface area (TPSA) is 55.1 Å². The summed E-state index contributed by atoms with van der Waals surface area (Å²) in [6, 6.07) is 8.41. The summed E-state index contributed by atoms with van der Waals surface area (Å²) in [5, 5.41) is 15.7. The SMILES string of the molecule is CSc1ccc2nnc(Nc3cccc(C(F)(F)F)c3)n2n1. The quantitative estimate of drug-likeness (QED) is 0.746. The van der Waals surface area contributed by atoms with Crippen molar-refractivity contribution in [2.24, 2.45) is 0 Å². The Morgan fingerprint density at radius 1 is 1.14 bits per heavy atom. The highest BCUT2D eigenvalue weighted by Crippen LogP contribution is 2.31. The molecule has 3 rings (SSSR count). The first-order valence-electron chi connectivity index (χ1n) is 6.18. The highest BCUT2D eigenvalue weighted by molar-refractivity contribution is 7.98. The summed E-state index contributed by atoms with van der Waals surface area (Å²) in [7, 11) is 0.